The van der Waals surface area contributed by atoms with Crippen LogP contribution in [0.15, 0.2) is 46.9 Å². The molecule has 0 spiro atoms. The van der Waals surface area contributed by atoms with Crippen molar-refractivity contribution in [2.24, 2.45) is 0 Å². The highest BCUT2D eigenvalue weighted by Gasteiger charge is 2.35. The fourth-order valence-electron chi connectivity index (χ4n) is 2.22. The molecule has 3 N–H and O–H groups in total. The smallest absolute Gasteiger partial charge is 0.334 e. The third kappa shape index (κ3) is 4.11. The maximum absolute atomic E-state index is 12.8. The summed E-state index contributed by atoms with van der Waals surface area (Å²) in [6.45, 7) is 0.281. The van der Waals surface area contributed by atoms with E-state index >= 15 is 0 Å². The molecule has 2 aromatic carbocycles. The molecular formula is C16H12BrF3N4O. The van der Waals surface area contributed by atoms with Crippen LogP contribution in [0.2, 0.25) is 0 Å². The zero-order chi connectivity index (χ0) is 18.0. The van der Waals surface area contributed by atoms with Gasteiger partial charge in [0.25, 0.3) is 0 Å². The van der Waals surface area contributed by atoms with Crippen molar-refractivity contribution in [2.45, 2.75) is 12.7 Å². The topological polar surface area (TPSA) is 69.8 Å². The van der Waals surface area contributed by atoms with Gasteiger partial charge >= 0.3 is 12.2 Å². The van der Waals surface area contributed by atoms with Crippen molar-refractivity contribution in [3.05, 3.63) is 58.3 Å². The number of benzene rings is 2. The Hall–Kier alpha value is -2.55. The molecule has 0 saturated heterocycles. The third-order valence-corrected chi connectivity index (χ3v) is 3.92. The van der Waals surface area contributed by atoms with E-state index in [1.807, 2.05) is 24.3 Å². The van der Waals surface area contributed by atoms with Crippen LogP contribution in [0.1, 0.15) is 11.4 Å². The molecule has 130 valence electrons. The molecule has 3 rings (SSSR count). The number of carbonyl (C=O) groups excluding carboxylic acids is 1. The lowest BCUT2D eigenvalue weighted by molar-refractivity contribution is -0.144. The number of anilines is 1. The lowest BCUT2D eigenvalue weighted by atomic mass is 10.2. The molecule has 1 heterocycles. The van der Waals surface area contributed by atoms with Crippen LogP contribution in [0.25, 0.3) is 11.0 Å². The van der Waals surface area contributed by atoms with Gasteiger partial charge in [-0.25, -0.2) is 9.78 Å². The minimum Gasteiger partial charge on any atom is -0.334 e. The van der Waals surface area contributed by atoms with E-state index in [-0.39, 0.29) is 23.3 Å². The number of nitrogens with zero attached hydrogens (tertiary/aromatic N) is 1. The van der Waals surface area contributed by atoms with Crippen molar-refractivity contribution >= 4 is 38.7 Å². The summed E-state index contributed by atoms with van der Waals surface area (Å²) in [6.07, 6.45) is -4.58. The van der Waals surface area contributed by atoms with Crippen molar-refractivity contribution in [3.8, 4) is 0 Å². The Balaban J connectivity index is 1.72. The fourth-order valence-corrected chi connectivity index (χ4v) is 2.48. The minimum atomic E-state index is -4.58. The van der Waals surface area contributed by atoms with Gasteiger partial charge in [0.2, 0.25) is 5.82 Å². The van der Waals surface area contributed by atoms with E-state index in [1.54, 1.807) is 0 Å². The summed E-state index contributed by atoms with van der Waals surface area (Å²) in [5.41, 5.74) is 1.32. The zero-order valence-electron chi connectivity index (χ0n) is 12.6. The van der Waals surface area contributed by atoms with Gasteiger partial charge in [-0.15, -0.1) is 0 Å². The first kappa shape index (κ1) is 17.3. The minimum absolute atomic E-state index is 0.0496. The first-order valence-electron chi connectivity index (χ1n) is 7.18. The molecule has 0 unspecified atom stereocenters. The maximum atomic E-state index is 12.8. The van der Waals surface area contributed by atoms with Crippen molar-refractivity contribution in [3.63, 3.8) is 0 Å². The highest BCUT2D eigenvalue weighted by atomic mass is 79.9. The number of nitrogens with one attached hydrogen (secondary N) is 3. The summed E-state index contributed by atoms with van der Waals surface area (Å²) in [7, 11) is 0. The van der Waals surface area contributed by atoms with E-state index in [0.29, 0.717) is 0 Å². The van der Waals surface area contributed by atoms with Crippen LogP contribution in [0, 0.1) is 0 Å². The van der Waals surface area contributed by atoms with Crippen molar-refractivity contribution in [1.29, 1.82) is 0 Å². The second kappa shape index (κ2) is 6.75. The molecule has 0 fully saturated rings. The summed E-state index contributed by atoms with van der Waals surface area (Å²) in [4.78, 5) is 17.7. The van der Waals surface area contributed by atoms with Crippen LogP contribution in [0.4, 0.5) is 23.7 Å². The predicted molar refractivity (Wildman–Crippen MR) is 91.1 cm³/mol. The number of urea groups is 1. The lowest BCUT2D eigenvalue weighted by Crippen LogP contribution is -2.28. The van der Waals surface area contributed by atoms with Crippen LogP contribution >= 0.6 is 15.9 Å². The van der Waals surface area contributed by atoms with Gasteiger partial charge in [-0.3, -0.25) is 0 Å². The molecule has 0 aliphatic carbocycles. The Labute approximate surface area is 148 Å². The Kier molecular flexibility index (Phi) is 4.67. The van der Waals surface area contributed by atoms with Gasteiger partial charge in [0.05, 0.1) is 11.2 Å². The second-order valence-electron chi connectivity index (χ2n) is 5.22. The van der Waals surface area contributed by atoms with Crippen LogP contribution in [0.3, 0.4) is 0 Å². The largest absolute Gasteiger partial charge is 0.449 e. The first-order chi connectivity index (χ1) is 11.8. The van der Waals surface area contributed by atoms with Crippen LogP contribution < -0.4 is 10.6 Å². The summed E-state index contributed by atoms with van der Waals surface area (Å²) < 4.78 is 39.2. The number of rotatable bonds is 3. The van der Waals surface area contributed by atoms with Crippen LogP contribution in [-0.4, -0.2) is 16.0 Å². The number of para-hydroxylation sites is 1. The quantitative estimate of drug-likeness (QED) is 0.585. The molecule has 25 heavy (non-hydrogen) atoms. The van der Waals surface area contributed by atoms with E-state index in [0.717, 1.165) is 10.0 Å². The SMILES string of the molecule is O=C(NCc1ccc(Br)cc1)Nc1cccc2[nH]c(C(F)(F)F)nc12. The van der Waals surface area contributed by atoms with Crippen LogP contribution in [0.5, 0.6) is 0 Å². The molecule has 0 aliphatic heterocycles. The van der Waals surface area contributed by atoms with Gasteiger partial charge in [-0.1, -0.05) is 34.1 Å². The average molecular weight is 413 g/mol. The normalized spacial score (nSPS) is 11.5. The zero-order valence-corrected chi connectivity index (χ0v) is 14.2. The first-order valence-corrected chi connectivity index (χ1v) is 7.97. The Morgan fingerprint density at radius 2 is 1.88 bits per heavy atom. The summed E-state index contributed by atoms with van der Waals surface area (Å²) >= 11 is 3.32. The fraction of sp³-hybridized carbons (Fsp3) is 0.125. The number of H-pyrrole nitrogens is 1. The van der Waals surface area contributed by atoms with Gasteiger partial charge in [0.1, 0.15) is 5.52 Å². The number of halogens is 4. The highest BCUT2D eigenvalue weighted by molar-refractivity contribution is 9.10. The van der Waals surface area contributed by atoms with Gasteiger partial charge < -0.3 is 15.6 Å². The molecule has 5 nitrogen and oxygen atoms in total. The Morgan fingerprint density at radius 1 is 1.16 bits per heavy atom. The highest BCUT2D eigenvalue weighted by Crippen LogP contribution is 2.30. The molecule has 0 radical (unpaired) electrons. The molecule has 2 amide bonds. The number of carbonyl (C=O) groups is 1. The van der Waals surface area contributed by atoms with Gasteiger partial charge in [0.15, 0.2) is 0 Å². The van der Waals surface area contributed by atoms with E-state index in [1.165, 1.54) is 18.2 Å². The number of hydrogen-bond acceptors (Lipinski definition) is 2. The molecule has 0 atom stereocenters. The maximum Gasteiger partial charge on any atom is 0.449 e. The molecule has 9 heteroatoms. The standard InChI is InChI=1S/C16H12BrF3N4O/c17-10-6-4-9(5-7-10)8-21-15(25)23-12-3-1-2-11-13(12)24-14(22-11)16(18,19)20/h1-7H,8H2,(H,22,24)(H2,21,23,25). The second-order valence-corrected chi connectivity index (χ2v) is 6.13. The molecule has 0 aliphatic rings. The van der Waals surface area contributed by atoms with Gasteiger partial charge in [-0.05, 0) is 29.8 Å². The number of alkyl halides is 3. The Morgan fingerprint density at radius 3 is 2.56 bits per heavy atom. The summed E-state index contributed by atoms with van der Waals surface area (Å²) in [5.74, 6) is -1.10. The monoisotopic (exact) mass is 412 g/mol. The number of fused-ring (bicyclic) bond motifs is 1. The van der Waals surface area contributed by atoms with Crippen LogP contribution in [-0.2, 0) is 12.7 Å². The summed E-state index contributed by atoms with van der Waals surface area (Å²) in [5, 5.41) is 5.17. The number of aromatic nitrogens is 2. The lowest BCUT2D eigenvalue weighted by Gasteiger charge is -2.08. The molecule has 1 aromatic heterocycles. The number of hydrogen-bond donors (Lipinski definition) is 3. The van der Waals surface area contributed by atoms with E-state index in [2.05, 4.69) is 36.5 Å². The van der Waals surface area contributed by atoms with Crippen molar-refractivity contribution in [2.75, 3.05) is 5.32 Å². The molecule has 0 bridgehead atoms. The molecular weight excluding hydrogens is 401 g/mol. The van der Waals surface area contributed by atoms with E-state index < -0.39 is 18.0 Å². The summed E-state index contributed by atoms with van der Waals surface area (Å²) in [6, 6.07) is 11.3. The van der Waals surface area contributed by atoms with Gasteiger partial charge in [0, 0.05) is 11.0 Å². The van der Waals surface area contributed by atoms with E-state index in [4.69, 9.17) is 0 Å². The number of amides is 2. The number of imidazole rings is 1. The van der Waals surface area contributed by atoms with Crippen molar-refractivity contribution < 1.29 is 18.0 Å². The molecule has 3 aromatic rings. The third-order valence-electron chi connectivity index (χ3n) is 3.40. The molecule has 0 saturated carbocycles. The average Bonchev–Trinajstić information content (AvgIpc) is 3.00. The van der Waals surface area contributed by atoms with Crippen molar-refractivity contribution in [1.82, 2.24) is 15.3 Å². The number of aromatic amines is 1. The van der Waals surface area contributed by atoms with E-state index in [9.17, 15) is 18.0 Å². The predicted octanol–water partition coefficient (Wildman–Crippen LogP) is 4.67. The van der Waals surface area contributed by atoms with Gasteiger partial charge in [-0.2, -0.15) is 13.2 Å². The Bertz CT molecular complexity index is 906.